The van der Waals surface area contributed by atoms with Crippen LogP contribution in [0.3, 0.4) is 0 Å². The second kappa shape index (κ2) is 7.95. The Bertz CT molecular complexity index is 728. The fraction of sp³-hybridized carbons (Fsp3) is 0.333. The van der Waals surface area contributed by atoms with Crippen LogP contribution in [0.1, 0.15) is 11.3 Å². The van der Waals surface area contributed by atoms with Crippen LogP contribution in [0.2, 0.25) is 0 Å². The maximum atomic E-state index is 12.0. The number of amides is 1. The first-order valence-electron chi connectivity index (χ1n) is 7.10. The van der Waals surface area contributed by atoms with Gasteiger partial charge in [0.05, 0.1) is 33.4 Å². The van der Waals surface area contributed by atoms with Gasteiger partial charge < -0.3 is 19.9 Å². The topological polar surface area (TPSA) is 116 Å². The number of nitrogens with zero attached hydrogens (tertiary/aromatic N) is 3. The molecule has 0 fully saturated rings. The Kier molecular flexibility index (Phi) is 5.72. The fourth-order valence-corrected chi connectivity index (χ4v) is 2.06. The third-order valence-electron chi connectivity index (χ3n) is 3.16. The lowest BCUT2D eigenvalue weighted by atomic mass is 10.1. The van der Waals surface area contributed by atoms with Gasteiger partial charge in [-0.3, -0.25) is 9.59 Å². The number of carbonyl (C=O) groups excluding carboxylic acids is 1. The highest BCUT2D eigenvalue weighted by Crippen LogP contribution is 2.27. The molecule has 9 heteroatoms. The number of hydrogen-bond acceptors (Lipinski definition) is 6. The van der Waals surface area contributed by atoms with Crippen molar-refractivity contribution in [3.8, 4) is 11.5 Å². The van der Waals surface area contributed by atoms with Crippen molar-refractivity contribution < 1.29 is 24.2 Å². The van der Waals surface area contributed by atoms with E-state index in [2.05, 4.69) is 15.6 Å². The van der Waals surface area contributed by atoms with E-state index in [-0.39, 0.29) is 25.4 Å². The van der Waals surface area contributed by atoms with Gasteiger partial charge in [0, 0.05) is 0 Å². The highest BCUT2D eigenvalue weighted by molar-refractivity contribution is 5.78. The molecule has 0 bridgehead atoms. The van der Waals surface area contributed by atoms with E-state index in [1.165, 1.54) is 18.0 Å². The Morgan fingerprint density at radius 2 is 2.00 bits per heavy atom. The van der Waals surface area contributed by atoms with E-state index < -0.39 is 5.97 Å². The molecule has 0 aliphatic carbocycles. The van der Waals surface area contributed by atoms with Gasteiger partial charge in [0.1, 0.15) is 12.2 Å². The highest BCUT2D eigenvalue weighted by atomic mass is 16.5. The Morgan fingerprint density at radius 1 is 1.25 bits per heavy atom. The van der Waals surface area contributed by atoms with E-state index in [9.17, 15) is 9.59 Å². The summed E-state index contributed by atoms with van der Waals surface area (Å²) in [5.41, 5.74) is 1.26. The molecule has 0 aliphatic heterocycles. The molecule has 1 heterocycles. The minimum Gasteiger partial charge on any atom is -0.493 e. The summed E-state index contributed by atoms with van der Waals surface area (Å²) in [4.78, 5) is 22.6. The van der Waals surface area contributed by atoms with Crippen molar-refractivity contribution in [1.82, 2.24) is 20.3 Å². The molecule has 24 heavy (non-hydrogen) atoms. The van der Waals surface area contributed by atoms with E-state index >= 15 is 0 Å². The van der Waals surface area contributed by atoms with E-state index in [1.54, 1.807) is 25.3 Å². The molecule has 128 valence electrons. The van der Waals surface area contributed by atoms with Crippen molar-refractivity contribution in [2.24, 2.45) is 0 Å². The molecular formula is C15H18N4O5. The first kappa shape index (κ1) is 17.3. The zero-order valence-corrected chi connectivity index (χ0v) is 13.4. The largest absolute Gasteiger partial charge is 0.493 e. The van der Waals surface area contributed by atoms with Gasteiger partial charge in [-0.2, -0.15) is 0 Å². The van der Waals surface area contributed by atoms with E-state index in [0.717, 1.165) is 5.56 Å². The number of carboxylic acids is 1. The van der Waals surface area contributed by atoms with Crippen molar-refractivity contribution in [1.29, 1.82) is 0 Å². The Balaban J connectivity index is 1.89. The van der Waals surface area contributed by atoms with Gasteiger partial charge in [0.15, 0.2) is 11.5 Å². The summed E-state index contributed by atoms with van der Waals surface area (Å²) in [6, 6.07) is 5.25. The van der Waals surface area contributed by atoms with Gasteiger partial charge in [-0.05, 0) is 17.7 Å². The highest BCUT2D eigenvalue weighted by Gasteiger charge is 2.10. The number of aromatic nitrogens is 3. The number of methoxy groups -OCH3 is 2. The molecular weight excluding hydrogens is 316 g/mol. The second-order valence-electron chi connectivity index (χ2n) is 4.94. The summed E-state index contributed by atoms with van der Waals surface area (Å²) in [7, 11) is 3.07. The van der Waals surface area contributed by atoms with Gasteiger partial charge >= 0.3 is 5.97 Å². The van der Waals surface area contributed by atoms with Crippen molar-refractivity contribution in [3.63, 3.8) is 0 Å². The second-order valence-corrected chi connectivity index (χ2v) is 4.94. The molecule has 2 aromatic rings. The average molecular weight is 334 g/mol. The standard InChI is InChI=1S/C15H18N4O5/c1-23-12-4-3-10(5-13(12)24-2)6-14(20)16-7-11-8-19(18-17-11)9-15(21)22/h3-5,8H,6-7,9H2,1-2H3,(H,16,20)(H,21,22). The molecule has 1 aromatic carbocycles. The molecule has 0 saturated heterocycles. The fourth-order valence-electron chi connectivity index (χ4n) is 2.06. The molecule has 0 aliphatic rings. The summed E-state index contributed by atoms with van der Waals surface area (Å²) >= 11 is 0. The number of benzene rings is 1. The van der Waals surface area contributed by atoms with Crippen LogP contribution in [0.25, 0.3) is 0 Å². The molecule has 0 atom stereocenters. The molecule has 1 aromatic heterocycles. The van der Waals surface area contributed by atoms with E-state index in [0.29, 0.717) is 17.2 Å². The molecule has 2 rings (SSSR count). The normalized spacial score (nSPS) is 10.2. The monoisotopic (exact) mass is 334 g/mol. The summed E-state index contributed by atoms with van der Waals surface area (Å²) in [6.45, 7) is -0.0989. The van der Waals surface area contributed by atoms with Gasteiger partial charge in [0.25, 0.3) is 0 Å². The summed E-state index contributed by atoms with van der Waals surface area (Å²) in [6.07, 6.45) is 1.65. The number of ether oxygens (including phenoxy) is 2. The minimum absolute atomic E-state index is 0.170. The summed E-state index contributed by atoms with van der Waals surface area (Å²) in [5, 5.41) is 18.8. The molecule has 0 unspecified atom stereocenters. The number of hydrogen-bond donors (Lipinski definition) is 2. The van der Waals surface area contributed by atoms with Gasteiger partial charge in [-0.15, -0.1) is 5.10 Å². The Hall–Kier alpha value is -3.10. The Morgan fingerprint density at radius 3 is 2.67 bits per heavy atom. The van der Waals surface area contributed by atoms with E-state index in [4.69, 9.17) is 14.6 Å². The predicted octanol–water partition coefficient (Wildman–Crippen LogP) is 0.239. The quantitative estimate of drug-likeness (QED) is 0.710. The molecule has 2 N–H and O–H groups in total. The summed E-state index contributed by atoms with van der Waals surface area (Å²) in [5.74, 6) is -0.0601. The van der Waals surface area contributed by atoms with E-state index in [1.807, 2.05) is 0 Å². The number of rotatable bonds is 8. The SMILES string of the molecule is COc1ccc(CC(=O)NCc2cn(CC(=O)O)nn2)cc1OC. The van der Waals surface area contributed by atoms with Crippen LogP contribution in [0.5, 0.6) is 11.5 Å². The van der Waals surface area contributed by atoms with Crippen LogP contribution in [0.15, 0.2) is 24.4 Å². The maximum absolute atomic E-state index is 12.0. The molecule has 0 saturated carbocycles. The van der Waals surface area contributed by atoms with Crippen molar-refractivity contribution >= 4 is 11.9 Å². The number of aliphatic carboxylic acids is 1. The lowest BCUT2D eigenvalue weighted by Crippen LogP contribution is -2.24. The lowest BCUT2D eigenvalue weighted by molar-refractivity contribution is -0.138. The average Bonchev–Trinajstić information content (AvgIpc) is 2.99. The van der Waals surface area contributed by atoms with Crippen molar-refractivity contribution in [2.75, 3.05) is 14.2 Å². The van der Waals surface area contributed by atoms with Gasteiger partial charge in [-0.25, -0.2) is 4.68 Å². The van der Waals surface area contributed by atoms with Crippen LogP contribution in [-0.4, -0.2) is 46.2 Å². The van der Waals surface area contributed by atoms with Gasteiger partial charge in [-0.1, -0.05) is 11.3 Å². The first-order chi connectivity index (χ1) is 11.5. The maximum Gasteiger partial charge on any atom is 0.325 e. The smallest absolute Gasteiger partial charge is 0.325 e. The van der Waals surface area contributed by atoms with Crippen LogP contribution < -0.4 is 14.8 Å². The van der Waals surface area contributed by atoms with Crippen LogP contribution in [0, 0.1) is 0 Å². The number of carbonyl (C=O) groups is 2. The van der Waals surface area contributed by atoms with Crippen LogP contribution in [-0.2, 0) is 29.1 Å². The molecule has 0 spiro atoms. The van der Waals surface area contributed by atoms with Crippen molar-refractivity contribution in [3.05, 3.63) is 35.7 Å². The zero-order valence-electron chi connectivity index (χ0n) is 13.4. The first-order valence-corrected chi connectivity index (χ1v) is 7.10. The number of carboxylic acid groups (broad SMARTS) is 1. The summed E-state index contributed by atoms with van der Waals surface area (Å²) < 4.78 is 11.5. The molecule has 1 amide bonds. The third kappa shape index (κ3) is 4.70. The molecule has 9 nitrogen and oxygen atoms in total. The predicted molar refractivity (Wildman–Crippen MR) is 82.8 cm³/mol. The minimum atomic E-state index is -1.01. The molecule has 0 radical (unpaired) electrons. The van der Waals surface area contributed by atoms with Crippen molar-refractivity contribution in [2.45, 2.75) is 19.5 Å². The third-order valence-corrected chi connectivity index (χ3v) is 3.16. The van der Waals surface area contributed by atoms with Gasteiger partial charge in [0.2, 0.25) is 5.91 Å². The number of nitrogens with one attached hydrogen (secondary N) is 1. The van der Waals surface area contributed by atoms with Crippen LogP contribution in [0.4, 0.5) is 0 Å². The zero-order chi connectivity index (χ0) is 17.5. The Labute approximate surface area is 138 Å². The lowest BCUT2D eigenvalue weighted by Gasteiger charge is -2.09. The van der Waals surface area contributed by atoms with Crippen LogP contribution >= 0.6 is 0 Å².